The van der Waals surface area contributed by atoms with Crippen LogP contribution in [0.3, 0.4) is 0 Å². The zero-order valence-corrected chi connectivity index (χ0v) is 12.4. The minimum atomic E-state index is 0.580. The summed E-state index contributed by atoms with van der Waals surface area (Å²) in [4.78, 5) is 0. The lowest BCUT2D eigenvalue weighted by molar-refractivity contribution is 0.308. The molecule has 94 valence electrons. The maximum atomic E-state index is 6.05. The van der Waals surface area contributed by atoms with Gasteiger partial charge >= 0.3 is 0 Å². The van der Waals surface area contributed by atoms with E-state index in [4.69, 9.17) is 27.9 Å². The average Bonchev–Trinajstić information content (AvgIpc) is 3.08. The maximum absolute atomic E-state index is 6.05. The molecule has 1 fully saturated rings. The van der Waals surface area contributed by atoms with Crippen LogP contribution in [-0.4, -0.2) is 19.2 Å². The fourth-order valence-corrected chi connectivity index (χ4v) is 2.31. The molecule has 1 aliphatic rings. The molecule has 1 N–H and O–H groups in total. The molecular weight excluding hydrogens is 325 g/mol. The summed E-state index contributed by atoms with van der Waals surface area (Å²) in [6.07, 6.45) is 3.60. The van der Waals surface area contributed by atoms with Gasteiger partial charge < -0.3 is 10.1 Å². The molecular formula is C12H14BrCl2NO. The highest BCUT2D eigenvalue weighted by molar-refractivity contribution is 9.10. The highest BCUT2D eigenvalue weighted by Crippen LogP contribution is 2.34. The Bertz CT molecular complexity index is 396. The fourth-order valence-electron chi connectivity index (χ4n) is 1.46. The van der Waals surface area contributed by atoms with Crippen LogP contribution in [0.15, 0.2) is 16.6 Å². The van der Waals surface area contributed by atoms with Gasteiger partial charge in [0.25, 0.3) is 0 Å². The number of rotatable bonds is 6. The van der Waals surface area contributed by atoms with Crippen LogP contribution in [0.25, 0.3) is 0 Å². The van der Waals surface area contributed by atoms with E-state index in [1.807, 2.05) is 0 Å². The van der Waals surface area contributed by atoms with E-state index in [-0.39, 0.29) is 0 Å². The number of hydrogen-bond donors (Lipinski definition) is 1. The number of halogens is 3. The minimum Gasteiger partial charge on any atom is -0.492 e. The van der Waals surface area contributed by atoms with Gasteiger partial charge in [0, 0.05) is 16.6 Å². The van der Waals surface area contributed by atoms with Crippen LogP contribution in [0, 0.1) is 0 Å². The lowest BCUT2D eigenvalue weighted by Crippen LogP contribution is -2.19. The second kappa shape index (κ2) is 6.28. The Labute approximate surface area is 120 Å². The highest BCUT2D eigenvalue weighted by Gasteiger charge is 2.19. The minimum absolute atomic E-state index is 0.580. The number of nitrogens with one attached hydrogen (secondary N) is 1. The van der Waals surface area contributed by atoms with Gasteiger partial charge in [0.05, 0.1) is 16.7 Å². The highest BCUT2D eigenvalue weighted by atomic mass is 79.9. The summed E-state index contributed by atoms with van der Waals surface area (Å²) in [5.74, 6) is 0.645. The quantitative estimate of drug-likeness (QED) is 0.617. The third-order valence-corrected chi connectivity index (χ3v) is 4.06. The molecule has 1 aliphatic carbocycles. The van der Waals surface area contributed by atoms with E-state index in [1.54, 1.807) is 12.1 Å². The third-order valence-electron chi connectivity index (χ3n) is 2.56. The zero-order valence-electron chi connectivity index (χ0n) is 9.31. The van der Waals surface area contributed by atoms with E-state index in [0.717, 1.165) is 23.5 Å². The van der Waals surface area contributed by atoms with Gasteiger partial charge in [-0.25, -0.2) is 0 Å². The van der Waals surface area contributed by atoms with Crippen molar-refractivity contribution in [2.24, 2.45) is 0 Å². The standard InChI is InChI=1S/C12H14BrCl2NO/c13-9-6-11(15)12(7-10(9)14)17-5-1-4-16-8-2-3-8/h6-8,16H,1-5H2. The molecule has 2 rings (SSSR count). The Morgan fingerprint density at radius 3 is 2.76 bits per heavy atom. The van der Waals surface area contributed by atoms with Crippen molar-refractivity contribution in [1.82, 2.24) is 5.32 Å². The topological polar surface area (TPSA) is 21.3 Å². The van der Waals surface area contributed by atoms with Crippen molar-refractivity contribution in [1.29, 1.82) is 0 Å². The van der Waals surface area contributed by atoms with Crippen molar-refractivity contribution in [2.45, 2.75) is 25.3 Å². The summed E-state index contributed by atoms with van der Waals surface area (Å²) < 4.78 is 6.38. The van der Waals surface area contributed by atoms with Gasteiger partial charge in [-0.2, -0.15) is 0 Å². The van der Waals surface area contributed by atoms with Crippen LogP contribution in [0.1, 0.15) is 19.3 Å². The summed E-state index contributed by atoms with van der Waals surface area (Å²) in [6.45, 7) is 1.64. The van der Waals surface area contributed by atoms with Gasteiger partial charge in [-0.3, -0.25) is 0 Å². The second-order valence-electron chi connectivity index (χ2n) is 4.13. The van der Waals surface area contributed by atoms with E-state index < -0.39 is 0 Å². The third kappa shape index (κ3) is 4.32. The first-order valence-electron chi connectivity index (χ1n) is 5.67. The van der Waals surface area contributed by atoms with E-state index in [9.17, 15) is 0 Å². The van der Waals surface area contributed by atoms with Crippen LogP contribution in [0.2, 0.25) is 10.0 Å². The average molecular weight is 339 g/mol. The Morgan fingerprint density at radius 2 is 2.06 bits per heavy atom. The normalized spacial score (nSPS) is 15.0. The summed E-state index contributed by atoms with van der Waals surface area (Å²) >= 11 is 15.3. The Balaban J connectivity index is 1.75. The van der Waals surface area contributed by atoms with Crippen LogP contribution in [-0.2, 0) is 0 Å². The van der Waals surface area contributed by atoms with Crippen molar-refractivity contribution in [3.63, 3.8) is 0 Å². The predicted molar refractivity (Wildman–Crippen MR) is 75.3 cm³/mol. The Hall–Kier alpha value is 0.0400. The molecule has 17 heavy (non-hydrogen) atoms. The molecule has 0 saturated heterocycles. The molecule has 0 amide bonds. The summed E-state index contributed by atoms with van der Waals surface area (Å²) in [5, 5.41) is 4.62. The van der Waals surface area contributed by atoms with Gasteiger partial charge in [0.15, 0.2) is 0 Å². The molecule has 1 aromatic rings. The van der Waals surface area contributed by atoms with Gasteiger partial charge in [-0.15, -0.1) is 0 Å². The van der Waals surface area contributed by atoms with Crippen LogP contribution in [0.4, 0.5) is 0 Å². The zero-order chi connectivity index (χ0) is 12.3. The number of benzene rings is 1. The first-order valence-corrected chi connectivity index (χ1v) is 7.22. The fraction of sp³-hybridized carbons (Fsp3) is 0.500. The van der Waals surface area contributed by atoms with Crippen molar-refractivity contribution in [3.05, 3.63) is 26.7 Å². The largest absolute Gasteiger partial charge is 0.492 e. The number of hydrogen-bond acceptors (Lipinski definition) is 2. The molecule has 1 saturated carbocycles. The van der Waals surface area contributed by atoms with Crippen LogP contribution < -0.4 is 10.1 Å². The molecule has 1 aromatic carbocycles. The maximum Gasteiger partial charge on any atom is 0.139 e. The van der Waals surface area contributed by atoms with E-state index in [2.05, 4.69) is 21.2 Å². The van der Waals surface area contributed by atoms with Gasteiger partial charge in [0.2, 0.25) is 0 Å². The SMILES string of the molecule is Clc1cc(OCCCNC2CC2)c(Cl)cc1Br. The molecule has 0 unspecified atom stereocenters. The van der Waals surface area contributed by atoms with Crippen LogP contribution in [0.5, 0.6) is 5.75 Å². The van der Waals surface area contributed by atoms with Crippen LogP contribution >= 0.6 is 39.1 Å². The van der Waals surface area contributed by atoms with Crippen molar-refractivity contribution in [3.8, 4) is 5.75 Å². The van der Waals surface area contributed by atoms with Crippen molar-refractivity contribution >= 4 is 39.1 Å². The first-order chi connectivity index (χ1) is 8.16. The molecule has 0 aliphatic heterocycles. The molecule has 0 spiro atoms. The van der Waals surface area contributed by atoms with Crippen molar-refractivity contribution in [2.75, 3.05) is 13.2 Å². The lowest BCUT2D eigenvalue weighted by atomic mass is 10.3. The monoisotopic (exact) mass is 337 g/mol. The molecule has 0 bridgehead atoms. The summed E-state index contributed by atoms with van der Waals surface area (Å²) in [6, 6.07) is 4.24. The lowest BCUT2D eigenvalue weighted by Gasteiger charge is -2.09. The molecule has 0 heterocycles. The number of ether oxygens (including phenoxy) is 1. The van der Waals surface area contributed by atoms with Crippen molar-refractivity contribution < 1.29 is 4.74 Å². The van der Waals surface area contributed by atoms with Gasteiger partial charge in [0.1, 0.15) is 5.75 Å². The van der Waals surface area contributed by atoms with Gasteiger partial charge in [-0.05, 0) is 47.8 Å². The molecule has 0 atom stereocenters. The predicted octanol–water partition coefficient (Wildman–Crippen LogP) is 4.28. The van der Waals surface area contributed by atoms with E-state index in [0.29, 0.717) is 22.4 Å². The Morgan fingerprint density at radius 1 is 1.29 bits per heavy atom. The molecule has 0 radical (unpaired) electrons. The summed E-state index contributed by atoms with van der Waals surface area (Å²) in [7, 11) is 0. The van der Waals surface area contributed by atoms with E-state index in [1.165, 1.54) is 12.8 Å². The Kier molecular flexibility index (Phi) is 4.97. The van der Waals surface area contributed by atoms with E-state index >= 15 is 0 Å². The molecule has 0 aromatic heterocycles. The molecule has 5 heteroatoms. The van der Waals surface area contributed by atoms with Gasteiger partial charge in [-0.1, -0.05) is 23.2 Å². The summed E-state index contributed by atoms with van der Waals surface area (Å²) in [5.41, 5.74) is 0. The smallest absolute Gasteiger partial charge is 0.139 e. The second-order valence-corrected chi connectivity index (χ2v) is 5.80. The molecule has 2 nitrogen and oxygen atoms in total. The first kappa shape index (κ1) is 13.5.